The predicted octanol–water partition coefficient (Wildman–Crippen LogP) is 4.14. The van der Waals surface area contributed by atoms with E-state index in [9.17, 15) is 4.79 Å². The van der Waals surface area contributed by atoms with E-state index in [0.29, 0.717) is 19.0 Å². The second-order valence-electron chi connectivity index (χ2n) is 8.99. The molecule has 1 unspecified atom stereocenters. The molecular weight excluding hydrogens is 513 g/mol. The molecule has 2 fully saturated rings. The zero-order valence-electron chi connectivity index (χ0n) is 20.1. The van der Waals surface area contributed by atoms with Crippen molar-refractivity contribution in [3.63, 3.8) is 0 Å². The lowest BCUT2D eigenvalue weighted by atomic mass is 9.94. The molecule has 1 saturated carbocycles. The number of carbonyl (C=O) groups is 1. The fourth-order valence-corrected chi connectivity index (χ4v) is 4.79. The molecule has 1 saturated heterocycles. The van der Waals surface area contributed by atoms with Crippen LogP contribution in [-0.2, 0) is 17.9 Å². The van der Waals surface area contributed by atoms with Crippen LogP contribution in [0.1, 0.15) is 69.9 Å². The van der Waals surface area contributed by atoms with Gasteiger partial charge in [0, 0.05) is 44.7 Å². The fraction of sp³-hybridized carbons (Fsp3) is 0.680. The highest BCUT2D eigenvalue weighted by Gasteiger charge is 2.25. The van der Waals surface area contributed by atoms with Crippen molar-refractivity contribution >= 4 is 35.8 Å². The molecule has 3 rings (SSSR count). The Hall–Kier alpha value is -1.35. The number of halogens is 1. The Kier molecular flexibility index (Phi) is 11.8. The molecule has 180 valence electrons. The Labute approximate surface area is 211 Å². The van der Waals surface area contributed by atoms with E-state index in [1.165, 1.54) is 43.2 Å². The van der Waals surface area contributed by atoms with Gasteiger partial charge in [-0.3, -0.25) is 9.69 Å². The van der Waals surface area contributed by atoms with Crippen molar-refractivity contribution in [2.24, 2.45) is 4.99 Å². The molecule has 6 nitrogen and oxygen atoms in total. The molecule has 32 heavy (non-hydrogen) atoms. The maximum atomic E-state index is 12.0. The lowest BCUT2D eigenvalue weighted by molar-refractivity contribution is -0.129. The van der Waals surface area contributed by atoms with Crippen molar-refractivity contribution in [1.29, 1.82) is 0 Å². The standard InChI is InChI=1S/C25H41N5O.HI/c1-4-24(31)30-16-15-22(19-30)28-25(26-5-2)27-17-20-11-9-10-12-21(20)18-29(3)23-13-7-6-8-14-23;/h9-12,22-23H,4-8,13-19H2,1-3H3,(H2,26,27,28);1H. The van der Waals surface area contributed by atoms with Crippen LogP contribution in [0.5, 0.6) is 0 Å². The highest BCUT2D eigenvalue weighted by Crippen LogP contribution is 2.23. The highest BCUT2D eigenvalue weighted by atomic mass is 127. The van der Waals surface area contributed by atoms with E-state index in [0.717, 1.165) is 38.6 Å². The van der Waals surface area contributed by atoms with Gasteiger partial charge in [-0.25, -0.2) is 4.99 Å². The van der Waals surface area contributed by atoms with E-state index in [4.69, 9.17) is 4.99 Å². The normalized spacial score (nSPS) is 19.7. The second kappa shape index (κ2) is 14.0. The first-order chi connectivity index (χ1) is 15.1. The van der Waals surface area contributed by atoms with E-state index in [1.54, 1.807) is 0 Å². The molecule has 0 spiro atoms. The summed E-state index contributed by atoms with van der Waals surface area (Å²) >= 11 is 0. The number of guanidine groups is 1. The van der Waals surface area contributed by atoms with E-state index in [2.05, 4.69) is 53.8 Å². The van der Waals surface area contributed by atoms with Crippen molar-refractivity contribution in [1.82, 2.24) is 20.4 Å². The summed E-state index contributed by atoms with van der Waals surface area (Å²) in [7, 11) is 2.27. The smallest absolute Gasteiger partial charge is 0.222 e. The van der Waals surface area contributed by atoms with Crippen LogP contribution in [0.15, 0.2) is 29.3 Å². The largest absolute Gasteiger partial charge is 0.357 e. The zero-order valence-corrected chi connectivity index (χ0v) is 22.4. The summed E-state index contributed by atoms with van der Waals surface area (Å²) in [6.07, 6.45) is 8.31. The molecule has 0 aromatic heterocycles. The Balaban J connectivity index is 0.00000363. The number of hydrogen-bond acceptors (Lipinski definition) is 3. The van der Waals surface area contributed by atoms with Gasteiger partial charge < -0.3 is 15.5 Å². The third kappa shape index (κ3) is 7.90. The maximum absolute atomic E-state index is 12.0. The number of carbonyl (C=O) groups excluding carboxylic acids is 1. The Morgan fingerprint density at radius 2 is 1.84 bits per heavy atom. The van der Waals surface area contributed by atoms with Crippen LogP contribution < -0.4 is 10.6 Å². The van der Waals surface area contributed by atoms with Crippen molar-refractivity contribution in [2.75, 3.05) is 26.7 Å². The molecule has 1 aromatic rings. The molecule has 1 aliphatic heterocycles. The monoisotopic (exact) mass is 555 g/mol. The molecule has 1 heterocycles. The van der Waals surface area contributed by atoms with Gasteiger partial charge in [0.1, 0.15) is 0 Å². The van der Waals surface area contributed by atoms with Gasteiger partial charge in [0.25, 0.3) is 0 Å². The Morgan fingerprint density at radius 3 is 2.53 bits per heavy atom. The molecule has 1 aromatic carbocycles. The average molecular weight is 556 g/mol. The van der Waals surface area contributed by atoms with Gasteiger partial charge in [-0.05, 0) is 44.4 Å². The highest BCUT2D eigenvalue weighted by molar-refractivity contribution is 14.0. The Morgan fingerprint density at radius 1 is 1.12 bits per heavy atom. The van der Waals surface area contributed by atoms with Gasteiger partial charge in [0.05, 0.1) is 6.54 Å². The third-order valence-corrected chi connectivity index (χ3v) is 6.67. The van der Waals surface area contributed by atoms with Crippen molar-refractivity contribution < 1.29 is 4.79 Å². The van der Waals surface area contributed by atoms with Gasteiger partial charge in [-0.1, -0.05) is 50.5 Å². The minimum absolute atomic E-state index is 0. The third-order valence-electron chi connectivity index (χ3n) is 6.67. The van der Waals surface area contributed by atoms with Gasteiger partial charge in [-0.2, -0.15) is 0 Å². The number of amides is 1. The van der Waals surface area contributed by atoms with Crippen LogP contribution in [0.25, 0.3) is 0 Å². The summed E-state index contributed by atoms with van der Waals surface area (Å²) in [5, 5.41) is 6.92. The number of nitrogens with zero attached hydrogens (tertiary/aromatic N) is 3. The fourth-order valence-electron chi connectivity index (χ4n) is 4.79. The van der Waals surface area contributed by atoms with Gasteiger partial charge in [0.2, 0.25) is 5.91 Å². The molecule has 2 N–H and O–H groups in total. The number of likely N-dealkylation sites (tertiary alicyclic amines) is 1. The van der Waals surface area contributed by atoms with E-state index >= 15 is 0 Å². The predicted molar refractivity (Wildman–Crippen MR) is 143 cm³/mol. The summed E-state index contributed by atoms with van der Waals surface area (Å²) in [5.74, 6) is 1.08. The van der Waals surface area contributed by atoms with E-state index < -0.39 is 0 Å². The lowest BCUT2D eigenvalue weighted by Gasteiger charge is -2.31. The summed E-state index contributed by atoms with van der Waals surface area (Å²) < 4.78 is 0. The summed E-state index contributed by atoms with van der Waals surface area (Å²) in [5.41, 5.74) is 2.66. The number of benzene rings is 1. The van der Waals surface area contributed by atoms with Crippen molar-refractivity contribution in [3.05, 3.63) is 35.4 Å². The molecule has 2 aliphatic rings. The zero-order chi connectivity index (χ0) is 22.1. The van der Waals surface area contributed by atoms with Gasteiger partial charge in [-0.15, -0.1) is 24.0 Å². The van der Waals surface area contributed by atoms with E-state index in [-0.39, 0.29) is 35.9 Å². The van der Waals surface area contributed by atoms with Crippen LogP contribution in [-0.4, -0.2) is 60.4 Å². The summed E-state index contributed by atoms with van der Waals surface area (Å²) in [6.45, 7) is 8.08. The molecule has 1 atom stereocenters. The SMILES string of the molecule is CCNC(=NCc1ccccc1CN(C)C1CCCCC1)NC1CCN(C(=O)CC)C1.I. The number of nitrogens with one attached hydrogen (secondary N) is 2. The minimum Gasteiger partial charge on any atom is -0.357 e. The topological polar surface area (TPSA) is 60.0 Å². The quantitative estimate of drug-likeness (QED) is 0.288. The van der Waals surface area contributed by atoms with Crippen LogP contribution in [0.2, 0.25) is 0 Å². The Bertz CT molecular complexity index is 735. The summed E-state index contributed by atoms with van der Waals surface area (Å²) in [6, 6.07) is 9.67. The minimum atomic E-state index is 0. The molecule has 7 heteroatoms. The van der Waals surface area contributed by atoms with E-state index in [1.807, 2.05) is 11.8 Å². The number of rotatable bonds is 8. The lowest BCUT2D eigenvalue weighted by Crippen LogP contribution is -2.45. The molecular formula is C25H42IN5O. The van der Waals surface area contributed by atoms with Crippen molar-refractivity contribution in [2.45, 2.75) is 84.0 Å². The number of hydrogen-bond donors (Lipinski definition) is 2. The van der Waals surface area contributed by atoms with Crippen LogP contribution in [0.4, 0.5) is 0 Å². The van der Waals surface area contributed by atoms with Crippen LogP contribution in [0.3, 0.4) is 0 Å². The first-order valence-electron chi connectivity index (χ1n) is 12.2. The van der Waals surface area contributed by atoms with Gasteiger partial charge >= 0.3 is 0 Å². The number of aliphatic imine (C=N–C) groups is 1. The average Bonchev–Trinajstić information content (AvgIpc) is 3.27. The molecule has 0 bridgehead atoms. The first-order valence-corrected chi connectivity index (χ1v) is 12.2. The summed E-state index contributed by atoms with van der Waals surface area (Å²) in [4.78, 5) is 21.3. The maximum Gasteiger partial charge on any atom is 0.222 e. The molecule has 0 radical (unpaired) electrons. The second-order valence-corrected chi connectivity index (χ2v) is 8.99. The van der Waals surface area contributed by atoms with Crippen LogP contribution >= 0.6 is 24.0 Å². The van der Waals surface area contributed by atoms with Crippen molar-refractivity contribution in [3.8, 4) is 0 Å². The molecule has 1 aliphatic carbocycles. The first kappa shape index (κ1) is 26.9. The van der Waals surface area contributed by atoms with Gasteiger partial charge in [0.15, 0.2) is 5.96 Å². The van der Waals surface area contributed by atoms with Crippen LogP contribution in [0, 0.1) is 0 Å². The molecule has 1 amide bonds.